The summed E-state index contributed by atoms with van der Waals surface area (Å²) >= 11 is 0. The molecule has 3 N–H and O–H groups in total. The van der Waals surface area contributed by atoms with Crippen molar-refractivity contribution in [1.82, 2.24) is 0 Å². The average Bonchev–Trinajstić information content (AvgIpc) is 2.41. The van der Waals surface area contributed by atoms with Crippen LogP contribution in [0.15, 0.2) is 24.3 Å². The minimum atomic E-state index is -0.326. The molecule has 0 aliphatic heterocycles. The van der Waals surface area contributed by atoms with Gasteiger partial charge in [0.2, 0.25) is 0 Å². The predicted octanol–water partition coefficient (Wildman–Crippen LogP) is 3.61. The Balaban J connectivity index is 2.84. The second-order valence-corrected chi connectivity index (χ2v) is 5.58. The van der Waals surface area contributed by atoms with Gasteiger partial charge in [-0.15, -0.1) is 0 Å². The van der Waals surface area contributed by atoms with Gasteiger partial charge in [-0.3, -0.25) is 0 Å². The lowest BCUT2D eigenvalue weighted by Gasteiger charge is -2.29. The molecule has 1 rings (SSSR count). The van der Waals surface area contributed by atoms with Crippen molar-refractivity contribution in [3.63, 3.8) is 0 Å². The van der Waals surface area contributed by atoms with E-state index in [2.05, 4.69) is 45.0 Å². The molecule has 19 heavy (non-hydrogen) atoms. The van der Waals surface area contributed by atoms with Crippen LogP contribution in [0.3, 0.4) is 0 Å². The number of rotatable bonds is 8. The molecule has 0 aromatic heterocycles. The van der Waals surface area contributed by atoms with E-state index in [0.29, 0.717) is 12.5 Å². The monoisotopic (exact) mass is 263 g/mol. The molecule has 2 atom stereocenters. The highest BCUT2D eigenvalue weighted by Crippen LogP contribution is 2.29. The Morgan fingerprint density at radius 2 is 1.58 bits per heavy atom. The molecule has 0 saturated carbocycles. The summed E-state index contributed by atoms with van der Waals surface area (Å²) < 4.78 is 0. The van der Waals surface area contributed by atoms with Gasteiger partial charge in [-0.05, 0) is 31.2 Å². The van der Waals surface area contributed by atoms with E-state index in [-0.39, 0.29) is 12.0 Å². The number of hydrogen-bond acceptors (Lipinski definition) is 2. The standard InChI is InChI=1S/C17H29NO/c1-4-6-15(7-5-2)17(19)16(12-18)14-10-8-13(3)9-11-14/h8-11,15-17,19H,4-7,12,18H2,1-3H3. The van der Waals surface area contributed by atoms with Crippen LogP contribution in [-0.4, -0.2) is 17.8 Å². The maximum atomic E-state index is 10.7. The highest BCUT2D eigenvalue weighted by Gasteiger charge is 2.26. The first-order valence-electron chi connectivity index (χ1n) is 7.58. The Morgan fingerprint density at radius 3 is 2.00 bits per heavy atom. The van der Waals surface area contributed by atoms with Gasteiger partial charge in [0.1, 0.15) is 0 Å². The van der Waals surface area contributed by atoms with Crippen molar-refractivity contribution >= 4 is 0 Å². The van der Waals surface area contributed by atoms with Gasteiger partial charge < -0.3 is 10.8 Å². The van der Waals surface area contributed by atoms with E-state index < -0.39 is 0 Å². The lowest BCUT2D eigenvalue weighted by molar-refractivity contribution is 0.0722. The number of aliphatic hydroxyl groups is 1. The van der Waals surface area contributed by atoms with E-state index in [1.807, 2.05) is 0 Å². The summed E-state index contributed by atoms with van der Waals surface area (Å²) in [6, 6.07) is 8.40. The van der Waals surface area contributed by atoms with Crippen LogP contribution in [0.5, 0.6) is 0 Å². The van der Waals surface area contributed by atoms with Gasteiger partial charge in [0.25, 0.3) is 0 Å². The van der Waals surface area contributed by atoms with E-state index in [9.17, 15) is 5.11 Å². The normalized spacial score (nSPS) is 14.6. The molecule has 2 heteroatoms. The largest absolute Gasteiger partial charge is 0.392 e. The van der Waals surface area contributed by atoms with Gasteiger partial charge >= 0.3 is 0 Å². The quantitative estimate of drug-likeness (QED) is 0.752. The smallest absolute Gasteiger partial charge is 0.0648 e. The highest BCUT2D eigenvalue weighted by atomic mass is 16.3. The summed E-state index contributed by atoms with van der Waals surface area (Å²) in [4.78, 5) is 0. The summed E-state index contributed by atoms with van der Waals surface area (Å²) in [7, 11) is 0. The van der Waals surface area contributed by atoms with Gasteiger partial charge in [0, 0.05) is 12.5 Å². The number of nitrogens with two attached hydrogens (primary N) is 1. The molecule has 0 aliphatic rings. The minimum Gasteiger partial charge on any atom is -0.392 e. The molecule has 0 saturated heterocycles. The molecule has 0 bridgehead atoms. The van der Waals surface area contributed by atoms with Crippen molar-refractivity contribution in [3.8, 4) is 0 Å². The third-order valence-electron chi connectivity index (χ3n) is 3.97. The fraction of sp³-hybridized carbons (Fsp3) is 0.647. The minimum absolute atomic E-state index is 0.0590. The van der Waals surface area contributed by atoms with Crippen molar-refractivity contribution in [2.75, 3.05) is 6.54 Å². The zero-order valence-corrected chi connectivity index (χ0v) is 12.6. The molecule has 0 aliphatic carbocycles. The Kier molecular flexibility index (Phi) is 7.11. The van der Waals surface area contributed by atoms with Crippen molar-refractivity contribution in [2.45, 2.75) is 58.5 Å². The lowest BCUT2D eigenvalue weighted by Crippen LogP contribution is -2.32. The summed E-state index contributed by atoms with van der Waals surface area (Å²) in [5.74, 6) is 0.425. The molecular formula is C17H29NO. The third-order valence-corrected chi connectivity index (χ3v) is 3.97. The number of benzene rings is 1. The summed E-state index contributed by atoms with van der Waals surface area (Å²) in [5, 5.41) is 10.7. The summed E-state index contributed by atoms with van der Waals surface area (Å²) in [6.45, 7) is 6.94. The predicted molar refractivity (Wildman–Crippen MR) is 82.3 cm³/mol. The second-order valence-electron chi connectivity index (χ2n) is 5.58. The Bertz CT molecular complexity index is 341. The first-order valence-corrected chi connectivity index (χ1v) is 7.58. The molecule has 2 nitrogen and oxygen atoms in total. The van der Waals surface area contributed by atoms with Crippen molar-refractivity contribution in [2.24, 2.45) is 11.7 Å². The van der Waals surface area contributed by atoms with Crippen molar-refractivity contribution in [3.05, 3.63) is 35.4 Å². The zero-order chi connectivity index (χ0) is 14.3. The fourth-order valence-corrected chi connectivity index (χ4v) is 2.84. The van der Waals surface area contributed by atoms with Crippen LogP contribution in [0, 0.1) is 12.8 Å². The van der Waals surface area contributed by atoms with E-state index in [1.165, 1.54) is 5.56 Å². The van der Waals surface area contributed by atoms with E-state index in [1.54, 1.807) is 0 Å². The van der Waals surface area contributed by atoms with Crippen LogP contribution in [0.25, 0.3) is 0 Å². The number of aryl methyl sites for hydroxylation is 1. The average molecular weight is 263 g/mol. The second kappa shape index (κ2) is 8.34. The van der Waals surface area contributed by atoms with Gasteiger partial charge in [0.15, 0.2) is 0 Å². The maximum Gasteiger partial charge on any atom is 0.0648 e. The van der Waals surface area contributed by atoms with Crippen molar-refractivity contribution < 1.29 is 5.11 Å². The molecule has 2 unspecified atom stereocenters. The molecule has 0 radical (unpaired) electrons. The number of aliphatic hydroxyl groups excluding tert-OH is 1. The lowest BCUT2D eigenvalue weighted by atomic mass is 9.81. The Hall–Kier alpha value is -0.860. The highest BCUT2D eigenvalue weighted by molar-refractivity contribution is 5.25. The van der Waals surface area contributed by atoms with Crippen LogP contribution < -0.4 is 5.73 Å². The van der Waals surface area contributed by atoms with Crippen LogP contribution in [0.1, 0.15) is 56.6 Å². The maximum absolute atomic E-state index is 10.7. The first-order chi connectivity index (χ1) is 9.13. The van der Waals surface area contributed by atoms with Gasteiger partial charge in [-0.2, -0.15) is 0 Å². The fourth-order valence-electron chi connectivity index (χ4n) is 2.84. The topological polar surface area (TPSA) is 46.2 Å². The van der Waals surface area contributed by atoms with E-state index in [0.717, 1.165) is 31.2 Å². The number of hydrogen-bond donors (Lipinski definition) is 2. The van der Waals surface area contributed by atoms with E-state index in [4.69, 9.17) is 5.73 Å². The molecular weight excluding hydrogens is 234 g/mol. The van der Waals surface area contributed by atoms with Gasteiger partial charge in [-0.1, -0.05) is 56.5 Å². The summed E-state index contributed by atoms with van der Waals surface area (Å²) in [5.41, 5.74) is 8.32. The van der Waals surface area contributed by atoms with Crippen LogP contribution >= 0.6 is 0 Å². The first kappa shape index (κ1) is 16.2. The molecule has 0 amide bonds. The summed E-state index contributed by atoms with van der Waals surface area (Å²) in [6.07, 6.45) is 4.07. The van der Waals surface area contributed by atoms with Gasteiger partial charge in [-0.25, -0.2) is 0 Å². The van der Waals surface area contributed by atoms with E-state index >= 15 is 0 Å². The third kappa shape index (κ3) is 4.63. The molecule has 0 spiro atoms. The molecule has 0 fully saturated rings. The zero-order valence-electron chi connectivity index (χ0n) is 12.6. The molecule has 108 valence electrons. The van der Waals surface area contributed by atoms with Crippen LogP contribution in [0.2, 0.25) is 0 Å². The van der Waals surface area contributed by atoms with Gasteiger partial charge in [0.05, 0.1) is 6.10 Å². The molecule has 1 aromatic rings. The van der Waals surface area contributed by atoms with Crippen LogP contribution in [-0.2, 0) is 0 Å². The molecule has 1 aromatic carbocycles. The Morgan fingerprint density at radius 1 is 1.05 bits per heavy atom. The molecule has 0 heterocycles. The Labute approximate surface area is 118 Å². The SMILES string of the molecule is CCCC(CCC)C(O)C(CN)c1ccc(C)cc1. The van der Waals surface area contributed by atoms with Crippen LogP contribution in [0.4, 0.5) is 0 Å². The van der Waals surface area contributed by atoms with Crippen molar-refractivity contribution in [1.29, 1.82) is 0 Å².